The Bertz CT molecular complexity index is 1200. The average Bonchev–Trinajstić information content (AvgIpc) is 3.29. The molecule has 3 aromatic rings. The van der Waals surface area contributed by atoms with Crippen LogP contribution in [0.4, 0.5) is 0 Å². The fraction of sp³-hybridized carbons (Fsp3) is 0.407. The monoisotopic (exact) mass is 496 g/mol. The van der Waals surface area contributed by atoms with Crippen molar-refractivity contribution in [3.05, 3.63) is 59.9 Å². The van der Waals surface area contributed by atoms with Gasteiger partial charge in [0.05, 0.1) is 0 Å². The van der Waals surface area contributed by atoms with Crippen molar-refractivity contribution in [2.24, 2.45) is 5.92 Å². The molecule has 3 saturated heterocycles. The number of nitrogens with zero attached hydrogens (tertiary/aromatic N) is 2. The number of furan rings is 1. The average molecular weight is 497 g/mol. The summed E-state index contributed by atoms with van der Waals surface area (Å²) in [7, 11) is 3.95. The Balaban J connectivity index is 0.00000289. The van der Waals surface area contributed by atoms with Gasteiger partial charge in [-0.05, 0) is 69.7 Å². The topological polar surface area (TPSA) is 77.8 Å². The van der Waals surface area contributed by atoms with E-state index in [1.165, 1.54) is 0 Å². The van der Waals surface area contributed by atoms with E-state index in [0.717, 1.165) is 55.5 Å². The second-order valence-corrected chi connectivity index (χ2v) is 9.69. The van der Waals surface area contributed by atoms with Gasteiger partial charge in [0.1, 0.15) is 5.58 Å². The zero-order valence-electron chi connectivity index (χ0n) is 20.3. The first-order valence-electron chi connectivity index (χ1n) is 12.1. The van der Waals surface area contributed by atoms with Gasteiger partial charge in [0.15, 0.2) is 5.76 Å². The molecule has 2 N–H and O–H groups in total. The molecule has 6 rings (SSSR count). The first kappa shape index (κ1) is 25.2. The molecule has 8 heteroatoms. The van der Waals surface area contributed by atoms with E-state index in [1.807, 2.05) is 67.5 Å². The molecule has 3 aliphatic heterocycles. The summed E-state index contributed by atoms with van der Waals surface area (Å²) in [6.45, 7) is 4.56. The van der Waals surface area contributed by atoms with Crippen LogP contribution in [0.15, 0.2) is 52.9 Å². The van der Waals surface area contributed by atoms with Crippen molar-refractivity contribution in [3.63, 3.8) is 0 Å². The molecule has 186 valence electrons. The molecule has 0 spiro atoms. The highest BCUT2D eigenvalue weighted by molar-refractivity contribution is 6.01. The van der Waals surface area contributed by atoms with Crippen LogP contribution in [0.3, 0.4) is 0 Å². The van der Waals surface area contributed by atoms with E-state index in [9.17, 15) is 9.59 Å². The van der Waals surface area contributed by atoms with Crippen LogP contribution in [0, 0.1) is 5.92 Å². The van der Waals surface area contributed by atoms with Crippen molar-refractivity contribution >= 4 is 35.2 Å². The van der Waals surface area contributed by atoms with Crippen LogP contribution in [0.2, 0.25) is 0 Å². The molecule has 0 radical (unpaired) electrons. The number of hydrogen-bond acceptors (Lipinski definition) is 5. The van der Waals surface area contributed by atoms with Crippen molar-refractivity contribution in [3.8, 4) is 11.1 Å². The predicted molar refractivity (Wildman–Crippen MR) is 140 cm³/mol. The van der Waals surface area contributed by atoms with Crippen LogP contribution in [-0.2, 0) is 0 Å². The third-order valence-corrected chi connectivity index (χ3v) is 7.02. The Morgan fingerprint density at radius 1 is 1.06 bits per heavy atom. The number of para-hydroxylation sites is 1. The lowest BCUT2D eigenvalue weighted by atomic mass is 9.84. The Morgan fingerprint density at radius 3 is 2.54 bits per heavy atom. The number of halogens is 1. The number of hydrogen-bond donors (Lipinski definition) is 2. The van der Waals surface area contributed by atoms with Crippen LogP contribution in [0.25, 0.3) is 22.1 Å². The largest absolute Gasteiger partial charge is 0.450 e. The lowest BCUT2D eigenvalue weighted by Gasteiger charge is -2.44. The summed E-state index contributed by atoms with van der Waals surface area (Å²) in [5.41, 5.74) is 3.00. The highest BCUT2D eigenvalue weighted by Crippen LogP contribution is 2.32. The van der Waals surface area contributed by atoms with Crippen molar-refractivity contribution in [2.45, 2.75) is 18.9 Å². The smallest absolute Gasteiger partial charge is 0.287 e. The van der Waals surface area contributed by atoms with E-state index in [2.05, 4.69) is 15.5 Å². The fourth-order valence-electron chi connectivity index (χ4n) is 5.09. The quantitative estimate of drug-likeness (QED) is 0.522. The van der Waals surface area contributed by atoms with Gasteiger partial charge in [-0.25, -0.2) is 0 Å². The second-order valence-electron chi connectivity index (χ2n) is 9.69. The van der Waals surface area contributed by atoms with Gasteiger partial charge in [-0.3, -0.25) is 9.59 Å². The third kappa shape index (κ3) is 5.53. The number of fused-ring (bicyclic) bond motifs is 4. The predicted octanol–water partition coefficient (Wildman–Crippen LogP) is 3.64. The SMILES string of the molecule is CN(C)CCNC(=O)c1cccc(-c2cccc3cc(C(=O)N[C@@H]4CN5CCC4CC5)oc23)c1.Cl. The van der Waals surface area contributed by atoms with Gasteiger partial charge in [-0.2, -0.15) is 0 Å². The number of nitrogens with one attached hydrogen (secondary N) is 2. The van der Waals surface area contributed by atoms with Gasteiger partial charge in [0, 0.05) is 42.2 Å². The Morgan fingerprint density at radius 2 is 1.83 bits per heavy atom. The minimum Gasteiger partial charge on any atom is -0.450 e. The van der Waals surface area contributed by atoms with Crippen molar-refractivity contribution < 1.29 is 14.0 Å². The molecule has 7 nitrogen and oxygen atoms in total. The van der Waals surface area contributed by atoms with Crippen molar-refractivity contribution in [1.29, 1.82) is 0 Å². The van der Waals surface area contributed by atoms with E-state index < -0.39 is 0 Å². The molecule has 3 fully saturated rings. The van der Waals surface area contributed by atoms with Crippen LogP contribution in [0.5, 0.6) is 0 Å². The summed E-state index contributed by atoms with van der Waals surface area (Å²) in [6.07, 6.45) is 2.29. The van der Waals surface area contributed by atoms with Gasteiger partial charge in [0.2, 0.25) is 0 Å². The van der Waals surface area contributed by atoms with Crippen molar-refractivity contribution in [2.75, 3.05) is 46.8 Å². The summed E-state index contributed by atoms with van der Waals surface area (Å²) in [6, 6.07) is 15.4. The Kier molecular flexibility index (Phi) is 7.79. The van der Waals surface area contributed by atoms with E-state index in [-0.39, 0.29) is 30.3 Å². The number of piperidine rings is 3. The molecule has 2 amide bonds. The zero-order valence-corrected chi connectivity index (χ0v) is 21.1. The maximum absolute atomic E-state index is 13.0. The highest BCUT2D eigenvalue weighted by Gasteiger charge is 2.35. The molecule has 2 aromatic carbocycles. The summed E-state index contributed by atoms with van der Waals surface area (Å²) < 4.78 is 6.10. The third-order valence-electron chi connectivity index (χ3n) is 7.02. The summed E-state index contributed by atoms with van der Waals surface area (Å²) >= 11 is 0. The molecule has 0 saturated carbocycles. The Labute approximate surface area is 212 Å². The van der Waals surface area contributed by atoms with Crippen LogP contribution in [-0.4, -0.2) is 74.5 Å². The van der Waals surface area contributed by atoms with E-state index in [4.69, 9.17) is 4.42 Å². The van der Waals surface area contributed by atoms with Gasteiger partial charge >= 0.3 is 0 Å². The maximum Gasteiger partial charge on any atom is 0.287 e. The van der Waals surface area contributed by atoms with E-state index in [1.54, 1.807) is 0 Å². The standard InChI is InChI=1S/C27H32N4O3.ClH/c1-30(2)14-11-28-26(32)21-7-3-5-19(15-21)22-8-4-6-20-16-24(34-25(20)22)27(33)29-23-17-31-12-9-18(23)10-13-31;/h3-8,15-16,18,23H,9-14,17H2,1-2H3,(H,28,32)(H,29,33);1H/t23-;/m1./s1. The van der Waals surface area contributed by atoms with Gasteiger partial charge < -0.3 is 24.9 Å². The number of benzene rings is 2. The van der Waals surface area contributed by atoms with Crippen LogP contribution < -0.4 is 10.6 Å². The molecule has 3 aliphatic rings. The number of likely N-dealkylation sites (N-methyl/N-ethyl adjacent to an activating group) is 1. The molecule has 0 aliphatic carbocycles. The van der Waals surface area contributed by atoms with E-state index >= 15 is 0 Å². The molecule has 2 bridgehead atoms. The first-order valence-corrected chi connectivity index (χ1v) is 12.1. The molecule has 35 heavy (non-hydrogen) atoms. The van der Waals surface area contributed by atoms with Gasteiger partial charge in [0.25, 0.3) is 11.8 Å². The second kappa shape index (κ2) is 10.8. The Hall–Kier alpha value is -2.87. The molecule has 1 aromatic heterocycles. The molecule has 1 atom stereocenters. The molecular weight excluding hydrogens is 464 g/mol. The van der Waals surface area contributed by atoms with Crippen LogP contribution >= 0.6 is 12.4 Å². The fourth-order valence-corrected chi connectivity index (χ4v) is 5.09. The minimum atomic E-state index is -0.157. The number of carbonyl (C=O) groups excluding carboxylic acids is 2. The van der Waals surface area contributed by atoms with E-state index in [0.29, 0.717) is 29.4 Å². The first-order chi connectivity index (χ1) is 16.5. The summed E-state index contributed by atoms with van der Waals surface area (Å²) in [4.78, 5) is 30.1. The van der Waals surface area contributed by atoms with Gasteiger partial charge in [-0.15, -0.1) is 12.4 Å². The summed E-state index contributed by atoms with van der Waals surface area (Å²) in [5.74, 6) is 0.625. The minimum absolute atomic E-state index is 0. The lowest BCUT2D eigenvalue weighted by molar-refractivity contribution is 0.0607. The summed E-state index contributed by atoms with van der Waals surface area (Å²) in [5, 5.41) is 7.04. The highest BCUT2D eigenvalue weighted by atomic mass is 35.5. The van der Waals surface area contributed by atoms with Gasteiger partial charge in [-0.1, -0.05) is 30.3 Å². The molecule has 0 unspecified atom stereocenters. The number of carbonyl (C=O) groups is 2. The molecule has 4 heterocycles. The molecular formula is C27H33ClN4O3. The lowest BCUT2D eigenvalue weighted by Crippen LogP contribution is -2.57. The number of rotatable bonds is 7. The maximum atomic E-state index is 13.0. The zero-order chi connectivity index (χ0) is 23.7. The normalized spacial score (nSPS) is 21.1. The number of amides is 2. The van der Waals surface area contributed by atoms with Crippen LogP contribution in [0.1, 0.15) is 33.8 Å². The van der Waals surface area contributed by atoms with Crippen molar-refractivity contribution in [1.82, 2.24) is 20.4 Å².